The fourth-order valence-corrected chi connectivity index (χ4v) is 3.42. The number of nitrogens with zero attached hydrogens (tertiary/aromatic N) is 3. The molecule has 32 heavy (non-hydrogen) atoms. The molecule has 1 aromatic carbocycles. The van der Waals surface area contributed by atoms with E-state index in [2.05, 4.69) is 9.97 Å². The van der Waals surface area contributed by atoms with Crippen molar-refractivity contribution in [2.45, 2.75) is 40.2 Å². The van der Waals surface area contributed by atoms with E-state index in [4.69, 9.17) is 4.74 Å². The lowest BCUT2D eigenvalue weighted by Gasteiger charge is -2.20. The molecule has 1 N–H and O–H groups in total. The smallest absolute Gasteiger partial charge is 0.330 e. The van der Waals surface area contributed by atoms with Crippen LogP contribution in [0.3, 0.4) is 0 Å². The molecule has 0 bridgehead atoms. The zero-order chi connectivity index (χ0) is 23.4. The molecule has 170 valence electrons. The number of rotatable bonds is 8. The van der Waals surface area contributed by atoms with Gasteiger partial charge in [0.2, 0.25) is 0 Å². The van der Waals surface area contributed by atoms with Crippen molar-refractivity contribution in [1.82, 2.24) is 19.4 Å². The van der Waals surface area contributed by atoms with Gasteiger partial charge in [0.1, 0.15) is 12.4 Å². The van der Waals surface area contributed by atoms with Gasteiger partial charge in [0.05, 0.1) is 17.5 Å². The number of carbonyl (C=O) groups excluding carboxylic acids is 1. The van der Waals surface area contributed by atoms with Crippen molar-refractivity contribution < 1.29 is 9.53 Å². The van der Waals surface area contributed by atoms with Gasteiger partial charge < -0.3 is 9.64 Å². The van der Waals surface area contributed by atoms with Gasteiger partial charge in [0, 0.05) is 19.3 Å². The number of aromatic nitrogens is 3. The highest BCUT2D eigenvalue weighted by molar-refractivity contribution is 6.05. The second kappa shape index (κ2) is 9.80. The summed E-state index contributed by atoms with van der Waals surface area (Å²) >= 11 is 0. The molecular weight excluding hydrogens is 408 g/mol. The monoisotopic (exact) mass is 438 g/mol. The van der Waals surface area contributed by atoms with E-state index in [0.717, 1.165) is 5.75 Å². The maximum atomic E-state index is 13.3. The molecule has 0 aliphatic heterocycles. The summed E-state index contributed by atoms with van der Waals surface area (Å²) in [5.41, 5.74) is 0.00520. The van der Waals surface area contributed by atoms with Crippen molar-refractivity contribution in [3.8, 4) is 5.75 Å². The van der Waals surface area contributed by atoms with Crippen LogP contribution in [0.2, 0.25) is 0 Å². The molecule has 2 aromatic heterocycles. The van der Waals surface area contributed by atoms with Crippen molar-refractivity contribution >= 4 is 16.9 Å². The molecule has 1 amide bonds. The largest absolute Gasteiger partial charge is 0.492 e. The SMILES string of the molecule is CC(C)Cn1c(=O)[nH]c(=O)c2c(C(=O)N(C)CCOc3ccccc3)cc(C(C)C)nc21. The number of pyridine rings is 1. The highest BCUT2D eigenvalue weighted by Gasteiger charge is 2.23. The normalized spacial score (nSPS) is 11.3. The molecule has 0 atom stereocenters. The lowest BCUT2D eigenvalue weighted by molar-refractivity contribution is 0.0775. The first-order valence-corrected chi connectivity index (χ1v) is 10.8. The topological polar surface area (TPSA) is 97.3 Å². The standard InChI is InChI=1S/C24H30N4O4/c1-15(2)14-28-21-20(22(29)26-24(28)31)18(13-19(25-21)16(3)4)23(30)27(5)11-12-32-17-9-7-6-8-10-17/h6-10,13,15-16H,11-12,14H2,1-5H3,(H,26,29,31). The van der Waals surface area contributed by atoms with Crippen LogP contribution >= 0.6 is 0 Å². The maximum Gasteiger partial charge on any atom is 0.330 e. The minimum Gasteiger partial charge on any atom is -0.492 e. The number of hydrogen-bond donors (Lipinski definition) is 1. The predicted molar refractivity (Wildman–Crippen MR) is 124 cm³/mol. The first-order valence-electron chi connectivity index (χ1n) is 10.8. The van der Waals surface area contributed by atoms with Crippen LogP contribution in [0.1, 0.15) is 49.7 Å². The molecule has 0 saturated carbocycles. The Balaban J connectivity index is 2.01. The van der Waals surface area contributed by atoms with Crippen LogP contribution in [-0.2, 0) is 6.54 Å². The van der Waals surface area contributed by atoms with E-state index in [9.17, 15) is 14.4 Å². The summed E-state index contributed by atoms with van der Waals surface area (Å²) < 4.78 is 7.14. The summed E-state index contributed by atoms with van der Waals surface area (Å²) in [6, 6.07) is 11.0. The Bertz CT molecular complexity index is 1210. The third-order valence-corrected chi connectivity index (χ3v) is 5.12. The number of benzene rings is 1. The van der Waals surface area contributed by atoms with Gasteiger partial charge in [-0.1, -0.05) is 45.9 Å². The predicted octanol–water partition coefficient (Wildman–Crippen LogP) is 3.02. The number of amides is 1. The molecule has 0 saturated heterocycles. The van der Waals surface area contributed by atoms with Gasteiger partial charge in [-0.05, 0) is 30.0 Å². The number of ether oxygens (including phenoxy) is 1. The van der Waals surface area contributed by atoms with E-state index in [1.807, 2.05) is 58.0 Å². The van der Waals surface area contributed by atoms with Crippen LogP contribution in [0.25, 0.3) is 11.0 Å². The van der Waals surface area contributed by atoms with Gasteiger partial charge in [-0.15, -0.1) is 0 Å². The van der Waals surface area contributed by atoms with Crippen LogP contribution in [0, 0.1) is 5.92 Å². The minimum absolute atomic E-state index is 0.0135. The molecule has 0 aliphatic carbocycles. The quantitative estimate of drug-likeness (QED) is 0.583. The summed E-state index contributed by atoms with van der Waals surface area (Å²) in [4.78, 5) is 47.1. The van der Waals surface area contributed by atoms with Crippen LogP contribution < -0.4 is 16.0 Å². The summed E-state index contributed by atoms with van der Waals surface area (Å²) in [5.74, 6) is 0.568. The Hall–Kier alpha value is -3.42. The Labute approximate surface area is 186 Å². The average molecular weight is 439 g/mol. The van der Waals surface area contributed by atoms with Gasteiger partial charge in [0.15, 0.2) is 5.65 Å². The van der Waals surface area contributed by atoms with Crippen molar-refractivity contribution in [2.75, 3.05) is 20.2 Å². The van der Waals surface area contributed by atoms with E-state index in [0.29, 0.717) is 25.4 Å². The van der Waals surface area contributed by atoms with Crippen LogP contribution in [0.5, 0.6) is 5.75 Å². The Morgan fingerprint density at radius 2 is 1.84 bits per heavy atom. The molecule has 3 aromatic rings. The van der Waals surface area contributed by atoms with E-state index < -0.39 is 11.2 Å². The Kier molecular flexibility index (Phi) is 7.12. The fourth-order valence-electron chi connectivity index (χ4n) is 3.42. The summed E-state index contributed by atoms with van der Waals surface area (Å²) in [7, 11) is 1.66. The molecule has 0 radical (unpaired) electrons. The Morgan fingerprint density at radius 1 is 1.16 bits per heavy atom. The number of hydrogen-bond acceptors (Lipinski definition) is 5. The maximum absolute atomic E-state index is 13.3. The first-order chi connectivity index (χ1) is 15.2. The van der Waals surface area contributed by atoms with E-state index >= 15 is 0 Å². The Morgan fingerprint density at radius 3 is 2.47 bits per heavy atom. The molecule has 8 nitrogen and oxygen atoms in total. The van der Waals surface area contributed by atoms with E-state index in [1.54, 1.807) is 13.1 Å². The van der Waals surface area contributed by atoms with E-state index in [-0.39, 0.29) is 34.3 Å². The van der Waals surface area contributed by atoms with Gasteiger partial charge >= 0.3 is 5.69 Å². The summed E-state index contributed by atoms with van der Waals surface area (Å²) in [6.45, 7) is 8.88. The van der Waals surface area contributed by atoms with Gasteiger partial charge in [-0.2, -0.15) is 0 Å². The minimum atomic E-state index is -0.606. The molecule has 3 rings (SSSR count). The number of fused-ring (bicyclic) bond motifs is 1. The molecule has 8 heteroatoms. The van der Waals surface area contributed by atoms with Gasteiger partial charge in [-0.25, -0.2) is 9.78 Å². The molecular formula is C24H30N4O4. The lowest BCUT2D eigenvalue weighted by Crippen LogP contribution is -2.35. The molecule has 0 fully saturated rings. The third kappa shape index (κ3) is 5.07. The van der Waals surface area contributed by atoms with Crippen LogP contribution in [0.15, 0.2) is 46.0 Å². The van der Waals surface area contributed by atoms with Crippen molar-refractivity contribution in [2.24, 2.45) is 5.92 Å². The number of H-pyrrole nitrogens is 1. The van der Waals surface area contributed by atoms with Crippen molar-refractivity contribution in [3.63, 3.8) is 0 Å². The zero-order valence-corrected chi connectivity index (χ0v) is 19.2. The van der Waals surface area contributed by atoms with Crippen LogP contribution in [-0.4, -0.2) is 45.5 Å². The zero-order valence-electron chi connectivity index (χ0n) is 19.2. The highest BCUT2D eigenvalue weighted by Crippen LogP contribution is 2.21. The fraction of sp³-hybridized carbons (Fsp3) is 0.417. The summed E-state index contributed by atoms with van der Waals surface area (Å²) in [5, 5.41) is 0.135. The van der Waals surface area contributed by atoms with Crippen molar-refractivity contribution in [1.29, 1.82) is 0 Å². The third-order valence-electron chi connectivity index (χ3n) is 5.12. The average Bonchev–Trinajstić information content (AvgIpc) is 2.75. The lowest BCUT2D eigenvalue weighted by atomic mass is 10.0. The number of para-hydroxylation sites is 1. The molecule has 0 spiro atoms. The first kappa shape index (κ1) is 23.2. The van der Waals surface area contributed by atoms with Crippen molar-refractivity contribution in [3.05, 3.63) is 68.5 Å². The number of aromatic amines is 1. The second-order valence-electron chi connectivity index (χ2n) is 8.60. The number of likely N-dealkylation sites (N-methyl/N-ethyl adjacent to an activating group) is 1. The number of carbonyl (C=O) groups is 1. The van der Waals surface area contributed by atoms with Crippen LogP contribution in [0.4, 0.5) is 0 Å². The number of nitrogens with one attached hydrogen (secondary N) is 1. The second-order valence-corrected chi connectivity index (χ2v) is 8.60. The van der Waals surface area contributed by atoms with Gasteiger partial charge in [-0.3, -0.25) is 19.1 Å². The molecule has 2 heterocycles. The summed E-state index contributed by atoms with van der Waals surface area (Å²) in [6.07, 6.45) is 0. The molecule has 0 aliphatic rings. The van der Waals surface area contributed by atoms with Gasteiger partial charge in [0.25, 0.3) is 11.5 Å². The molecule has 0 unspecified atom stereocenters. The van der Waals surface area contributed by atoms with E-state index in [1.165, 1.54) is 9.47 Å². The highest BCUT2D eigenvalue weighted by atomic mass is 16.5.